The number of ether oxygens (including phenoxy) is 3. The Labute approximate surface area is 250 Å². The van der Waals surface area contributed by atoms with Gasteiger partial charge >= 0.3 is 0 Å². The number of methoxy groups -OCH3 is 1. The molecule has 1 aliphatic carbocycles. The number of allylic oxidation sites excluding steroid dienone is 1. The molecule has 4 rings (SSSR count). The average molecular weight is 603 g/mol. The largest absolute Gasteiger partial charge is 0.504 e. The van der Waals surface area contributed by atoms with Crippen LogP contribution in [0.3, 0.4) is 0 Å². The van der Waals surface area contributed by atoms with E-state index in [-0.39, 0.29) is 48.3 Å². The van der Waals surface area contributed by atoms with Crippen LogP contribution in [0.1, 0.15) is 51.2 Å². The summed E-state index contributed by atoms with van der Waals surface area (Å²) in [7, 11) is 1.37. The first-order chi connectivity index (χ1) is 20.5. The number of aliphatic hydroxyl groups excluding tert-OH is 1. The van der Waals surface area contributed by atoms with Crippen molar-refractivity contribution in [1.29, 1.82) is 0 Å². The average Bonchev–Trinajstić information content (AvgIpc) is 3.53. The number of amides is 3. The first-order valence-electron chi connectivity index (χ1n) is 14.6. The smallest absolute Gasteiger partial charge is 0.246 e. The summed E-state index contributed by atoms with van der Waals surface area (Å²) in [6.07, 6.45) is 3.39. The minimum Gasteiger partial charge on any atom is -0.504 e. The maximum atomic E-state index is 13.8. The Balaban J connectivity index is 1.51. The third-order valence-electron chi connectivity index (χ3n) is 8.01. The van der Waals surface area contributed by atoms with Gasteiger partial charge in [0, 0.05) is 13.1 Å². The molecule has 5 atom stereocenters. The summed E-state index contributed by atoms with van der Waals surface area (Å²) in [5.41, 5.74) is 0.164. The SMILES string of the molecule is COc1ccc(C(O)C(NC(=O)C(C)NC(=O)CN2CCOCC2)C(=O)NC(CC2=CCCC2)C(=O)C2(C)CO2)cc1O. The summed E-state index contributed by atoms with van der Waals surface area (Å²) in [5.74, 6) is -2.30. The van der Waals surface area contributed by atoms with Crippen molar-refractivity contribution in [2.45, 2.75) is 69.4 Å². The van der Waals surface area contributed by atoms with E-state index in [1.165, 1.54) is 32.2 Å². The number of morpholine rings is 1. The van der Waals surface area contributed by atoms with E-state index in [0.717, 1.165) is 24.8 Å². The molecule has 0 radical (unpaired) electrons. The second kappa shape index (κ2) is 14.3. The van der Waals surface area contributed by atoms with Gasteiger partial charge < -0.3 is 40.4 Å². The zero-order chi connectivity index (χ0) is 31.1. The highest BCUT2D eigenvalue weighted by Gasteiger charge is 2.50. The lowest BCUT2D eigenvalue weighted by molar-refractivity contribution is -0.136. The highest BCUT2D eigenvalue weighted by molar-refractivity contribution is 5.98. The van der Waals surface area contributed by atoms with Gasteiger partial charge in [-0.15, -0.1) is 0 Å². The Morgan fingerprint density at radius 2 is 1.84 bits per heavy atom. The number of epoxide rings is 1. The molecular formula is C30H42N4O9. The molecule has 2 fully saturated rings. The first kappa shape index (κ1) is 32.4. The number of phenolic OH excluding ortho intramolecular Hbond substituents is 1. The number of hydrogen-bond acceptors (Lipinski definition) is 10. The van der Waals surface area contributed by atoms with Crippen molar-refractivity contribution in [2.75, 3.05) is 46.6 Å². The molecule has 5 unspecified atom stereocenters. The van der Waals surface area contributed by atoms with Crippen LogP contribution in [0.4, 0.5) is 0 Å². The zero-order valence-corrected chi connectivity index (χ0v) is 24.9. The molecule has 2 heterocycles. The van der Waals surface area contributed by atoms with E-state index >= 15 is 0 Å². The lowest BCUT2D eigenvalue weighted by atomic mass is 9.93. The number of nitrogens with zero attached hydrogens (tertiary/aromatic N) is 1. The predicted octanol–water partition coefficient (Wildman–Crippen LogP) is 0.0991. The number of ketones is 1. The minimum absolute atomic E-state index is 0.0825. The van der Waals surface area contributed by atoms with Crippen molar-refractivity contribution in [1.82, 2.24) is 20.9 Å². The summed E-state index contributed by atoms with van der Waals surface area (Å²) < 4.78 is 15.7. The van der Waals surface area contributed by atoms with E-state index in [1.54, 1.807) is 6.92 Å². The van der Waals surface area contributed by atoms with Crippen LogP contribution in [0, 0.1) is 0 Å². The van der Waals surface area contributed by atoms with Gasteiger partial charge in [0.2, 0.25) is 17.7 Å². The monoisotopic (exact) mass is 602 g/mol. The Kier molecular flexibility index (Phi) is 10.8. The number of hydrogen-bond donors (Lipinski definition) is 5. The fourth-order valence-electron chi connectivity index (χ4n) is 5.24. The van der Waals surface area contributed by atoms with E-state index in [9.17, 15) is 29.4 Å². The molecule has 2 aliphatic heterocycles. The molecular weight excluding hydrogens is 560 g/mol. The molecule has 1 aromatic rings. The molecule has 236 valence electrons. The highest BCUT2D eigenvalue weighted by atomic mass is 16.6. The van der Waals surface area contributed by atoms with Gasteiger partial charge in [-0.25, -0.2) is 0 Å². The fourth-order valence-corrected chi connectivity index (χ4v) is 5.24. The summed E-state index contributed by atoms with van der Waals surface area (Å²) >= 11 is 0. The lowest BCUT2D eigenvalue weighted by Gasteiger charge is -2.29. The number of carbonyl (C=O) groups excluding carboxylic acids is 4. The Morgan fingerprint density at radius 1 is 1.12 bits per heavy atom. The number of nitrogens with one attached hydrogen (secondary N) is 3. The van der Waals surface area contributed by atoms with Crippen molar-refractivity contribution < 1.29 is 43.6 Å². The van der Waals surface area contributed by atoms with E-state index < -0.39 is 41.6 Å². The molecule has 0 aromatic heterocycles. The van der Waals surface area contributed by atoms with Gasteiger partial charge in [-0.2, -0.15) is 0 Å². The maximum absolute atomic E-state index is 13.8. The third-order valence-corrected chi connectivity index (χ3v) is 8.01. The summed E-state index contributed by atoms with van der Waals surface area (Å²) in [6.45, 7) is 5.68. The first-order valence-corrected chi connectivity index (χ1v) is 14.6. The Morgan fingerprint density at radius 3 is 2.44 bits per heavy atom. The topological polar surface area (TPSA) is 179 Å². The van der Waals surface area contributed by atoms with Crippen molar-refractivity contribution in [3.8, 4) is 11.5 Å². The number of Topliss-reactive ketones (excluding diaryl/α,β-unsaturated/α-hetero) is 1. The summed E-state index contributed by atoms with van der Waals surface area (Å²) in [5, 5.41) is 29.5. The molecule has 0 spiro atoms. The molecule has 3 aliphatic rings. The Bertz CT molecular complexity index is 1230. The van der Waals surface area contributed by atoms with Gasteiger partial charge in [0.05, 0.1) is 39.5 Å². The van der Waals surface area contributed by atoms with Crippen LogP contribution in [0.5, 0.6) is 11.5 Å². The molecule has 13 nitrogen and oxygen atoms in total. The zero-order valence-electron chi connectivity index (χ0n) is 24.9. The van der Waals surface area contributed by atoms with Crippen LogP contribution in [0.25, 0.3) is 0 Å². The van der Waals surface area contributed by atoms with Crippen LogP contribution in [-0.2, 0) is 28.7 Å². The molecule has 13 heteroatoms. The maximum Gasteiger partial charge on any atom is 0.246 e. The normalized spacial score (nSPS) is 22.8. The van der Waals surface area contributed by atoms with Gasteiger partial charge in [0.25, 0.3) is 0 Å². The van der Waals surface area contributed by atoms with Gasteiger partial charge in [0.15, 0.2) is 17.3 Å². The molecule has 5 N–H and O–H groups in total. The number of carbonyl (C=O) groups is 4. The van der Waals surface area contributed by atoms with Crippen LogP contribution in [-0.4, -0.2) is 109 Å². The quantitative estimate of drug-likeness (QED) is 0.145. The number of rotatable bonds is 14. The van der Waals surface area contributed by atoms with Crippen molar-refractivity contribution in [2.24, 2.45) is 0 Å². The molecule has 3 amide bonds. The molecule has 0 saturated carbocycles. The molecule has 2 saturated heterocycles. The van der Waals surface area contributed by atoms with E-state index in [0.29, 0.717) is 26.3 Å². The second-order valence-corrected chi connectivity index (χ2v) is 11.4. The van der Waals surface area contributed by atoms with Crippen molar-refractivity contribution in [3.05, 3.63) is 35.4 Å². The minimum atomic E-state index is -1.62. The van der Waals surface area contributed by atoms with Crippen LogP contribution >= 0.6 is 0 Å². The molecule has 43 heavy (non-hydrogen) atoms. The van der Waals surface area contributed by atoms with E-state index in [2.05, 4.69) is 22.0 Å². The number of aromatic hydroxyl groups is 1. The van der Waals surface area contributed by atoms with E-state index in [1.807, 2.05) is 4.90 Å². The van der Waals surface area contributed by atoms with Crippen molar-refractivity contribution in [3.63, 3.8) is 0 Å². The summed E-state index contributed by atoms with van der Waals surface area (Å²) in [6, 6.07) is 0.553. The van der Waals surface area contributed by atoms with Gasteiger partial charge in [-0.05, 0) is 57.2 Å². The van der Waals surface area contributed by atoms with Gasteiger partial charge in [-0.1, -0.05) is 17.7 Å². The lowest BCUT2D eigenvalue weighted by Crippen LogP contribution is -2.58. The number of aliphatic hydroxyl groups is 1. The van der Waals surface area contributed by atoms with Gasteiger partial charge in [0.1, 0.15) is 23.8 Å². The van der Waals surface area contributed by atoms with Gasteiger partial charge in [-0.3, -0.25) is 24.1 Å². The van der Waals surface area contributed by atoms with Crippen LogP contribution in [0.15, 0.2) is 29.8 Å². The van der Waals surface area contributed by atoms with Crippen LogP contribution < -0.4 is 20.7 Å². The fraction of sp³-hybridized carbons (Fsp3) is 0.600. The predicted molar refractivity (Wildman–Crippen MR) is 154 cm³/mol. The molecule has 0 bridgehead atoms. The number of phenols is 1. The molecule has 1 aromatic carbocycles. The Hall–Kier alpha value is -3.52. The van der Waals surface area contributed by atoms with E-state index in [4.69, 9.17) is 14.2 Å². The van der Waals surface area contributed by atoms with Crippen molar-refractivity contribution >= 4 is 23.5 Å². The van der Waals surface area contributed by atoms with Crippen LogP contribution in [0.2, 0.25) is 0 Å². The second-order valence-electron chi connectivity index (χ2n) is 11.4. The number of benzene rings is 1. The third kappa shape index (κ3) is 8.53. The standard InChI is InChI=1S/C30H42N4O9/c1-18(31-24(36)16-34-10-12-42-13-11-34)28(39)33-25(26(37)20-8-9-23(41-3)22(35)15-20)29(40)32-21(14-19-6-4-5-7-19)27(38)30(2)17-43-30/h6,8-9,15,18,21,25-26,35,37H,4-5,7,10-14,16-17H2,1-3H3,(H,31,36)(H,32,40)(H,33,39). The summed E-state index contributed by atoms with van der Waals surface area (Å²) in [4.78, 5) is 54.8. The highest BCUT2D eigenvalue weighted by Crippen LogP contribution is 2.32.